The Labute approximate surface area is 157 Å². The number of carbonyl (C=O) groups is 2. The summed E-state index contributed by atoms with van der Waals surface area (Å²) in [5.41, 5.74) is -0.0613. The quantitative estimate of drug-likeness (QED) is 0.802. The van der Waals surface area contributed by atoms with Gasteiger partial charge in [-0.05, 0) is 43.5 Å². The van der Waals surface area contributed by atoms with E-state index in [9.17, 15) is 18.4 Å². The molecular weight excluding hydrogens is 358 g/mol. The normalized spacial score (nSPS) is 22.4. The van der Waals surface area contributed by atoms with Crippen molar-refractivity contribution >= 4 is 11.8 Å². The molecule has 8 heteroatoms. The number of benzene rings is 1. The maximum atomic E-state index is 12.7. The number of carbonyl (C=O) groups excluding carboxylic acids is 2. The van der Waals surface area contributed by atoms with Crippen molar-refractivity contribution < 1.29 is 27.8 Å². The molecule has 2 saturated heterocycles. The molecule has 0 N–H and O–H groups in total. The fourth-order valence-electron chi connectivity index (χ4n) is 4.06. The third kappa shape index (κ3) is 4.05. The minimum Gasteiger partial charge on any atom is -0.435 e. The van der Waals surface area contributed by atoms with Crippen LogP contribution >= 0.6 is 0 Å². The average molecular weight is 382 g/mol. The number of hydrogen-bond acceptors (Lipinski definition) is 4. The minimum absolute atomic E-state index is 0.0114. The first-order chi connectivity index (χ1) is 12.8. The van der Waals surface area contributed by atoms with Gasteiger partial charge in [0.15, 0.2) is 0 Å². The van der Waals surface area contributed by atoms with Crippen LogP contribution in [0.5, 0.6) is 5.75 Å². The molecular formula is C19H24F2N2O4. The van der Waals surface area contributed by atoms with E-state index in [0.29, 0.717) is 44.5 Å². The number of likely N-dealkylation sites (N-methyl/N-ethyl adjacent to an activating group) is 1. The Kier molecular flexibility index (Phi) is 5.64. The summed E-state index contributed by atoms with van der Waals surface area (Å²) in [6, 6.07) is 5.66. The average Bonchev–Trinajstić information content (AvgIpc) is 2.66. The van der Waals surface area contributed by atoms with Crippen LogP contribution in [0.1, 0.15) is 29.6 Å². The van der Waals surface area contributed by atoms with E-state index in [2.05, 4.69) is 4.74 Å². The largest absolute Gasteiger partial charge is 0.435 e. The molecule has 27 heavy (non-hydrogen) atoms. The molecule has 0 aliphatic carbocycles. The summed E-state index contributed by atoms with van der Waals surface area (Å²) < 4.78 is 34.2. The van der Waals surface area contributed by atoms with Crippen LogP contribution < -0.4 is 4.74 Å². The zero-order valence-corrected chi connectivity index (χ0v) is 15.5. The van der Waals surface area contributed by atoms with Crippen LogP contribution in [0, 0.1) is 5.41 Å². The van der Waals surface area contributed by atoms with Crippen molar-refractivity contribution in [2.75, 3.05) is 33.8 Å². The molecule has 0 aromatic heterocycles. The highest BCUT2D eigenvalue weighted by atomic mass is 19.3. The molecule has 2 heterocycles. The van der Waals surface area contributed by atoms with Gasteiger partial charge in [0.05, 0.1) is 11.5 Å². The predicted octanol–water partition coefficient (Wildman–Crippen LogP) is 2.39. The van der Waals surface area contributed by atoms with Crippen molar-refractivity contribution in [2.45, 2.75) is 32.0 Å². The number of nitrogens with zero attached hydrogens (tertiary/aromatic N) is 2. The molecule has 2 amide bonds. The van der Waals surface area contributed by atoms with Crippen molar-refractivity contribution in [1.29, 1.82) is 0 Å². The number of methoxy groups -OCH3 is 1. The van der Waals surface area contributed by atoms with Gasteiger partial charge >= 0.3 is 6.61 Å². The molecule has 0 saturated carbocycles. The summed E-state index contributed by atoms with van der Waals surface area (Å²) in [5.74, 6) is -0.0367. The number of hydrogen-bond donors (Lipinski definition) is 0. The first-order valence-electron chi connectivity index (χ1n) is 8.97. The van der Waals surface area contributed by atoms with E-state index >= 15 is 0 Å². The zero-order valence-electron chi connectivity index (χ0n) is 15.5. The highest BCUT2D eigenvalue weighted by molar-refractivity contribution is 5.94. The number of halogens is 2. The van der Waals surface area contributed by atoms with Crippen molar-refractivity contribution in [2.24, 2.45) is 5.41 Å². The van der Waals surface area contributed by atoms with Gasteiger partial charge in [0.2, 0.25) is 5.91 Å². The summed E-state index contributed by atoms with van der Waals surface area (Å²) in [7, 11) is 3.44. The molecule has 148 valence electrons. The summed E-state index contributed by atoms with van der Waals surface area (Å²) in [4.78, 5) is 28.8. The van der Waals surface area contributed by atoms with Gasteiger partial charge < -0.3 is 19.3 Å². The van der Waals surface area contributed by atoms with E-state index in [-0.39, 0.29) is 23.7 Å². The lowest BCUT2D eigenvalue weighted by atomic mass is 9.71. The molecule has 2 aliphatic heterocycles. The second-order valence-corrected chi connectivity index (χ2v) is 7.22. The lowest BCUT2D eigenvalue weighted by molar-refractivity contribution is -0.155. The van der Waals surface area contributed by atoms with Gasteiger partial charge in [0, 0.05) is 39.4 Å². The fourth-order valence-corrected chi connectivity index (χ4v) is 4.06. The third-order valence-electron chi connectivity index (χ3n) is 5.56. The molecule has 1 atom stereocenters. The zero-order chi connectivity index (χ0) is 19.6. The minimum atomic E-state index is -2.90. The van der Waals surface area contributed by atoms with Crippen LogP contribution in [-0.4, -0.2) is 68.1 Å². The van der Waals surface area contributed by atoms with Crippen molar-refractivity contribution in [3.63, 3.8) is 0 Å². The Morgan fingerprint density at radius 1 is 1.22 bits per heavy atom. The molecule has 2 fully saturated rings. The summed E-state index contributed by atoms with van der Waals surface area (Å²) in [5, 5.41) is 0. The molecule has 1 aromatic carbocycles. The number of amides is 2. The third-order valence-corrected chi connectivity index (χ3v) is 5.56. The molecule has 1 aromatic rings. The van der Waals surface area contributed by atoms with Crippen LogP contribution in [0.15, 0.2) is 24.3 Å². The van der Waals surface area contributed by atoms with E-state index in [1.807, 2.05) is 0 Å². The maximum absolute atomic E-state index is 12.7. The smallest absolute Gasteiger partial charge is 0.387 e. The van der Waals surface area contributed by atoms with Gasteiger partial charge in [0.25, 0.3) is 5.91 Å². The number of rotatable bonds is 4. The Balaban J connectivity index is 1.64. The van der Waals surface area contributed by atoms with Crippen LogP contribution in [0.3, 0.4) is 0 Å². The molecule has 6 nitrogen and oxygen atoms in total. The van der Waals surface area contributed by atoms with Gasteiger partial charge in [-0.1, -0.05) is 0 Å². The van der Waals surface area contributed by atoms with Gasteiger partial charge in [-0.3, -0.25) is 9.59 Å². The van der Waals surface area contributed by atoms with Gasteiger partial charge in [-0.15, -0.1) is 0 Å². The van der Waals surface area contributed by atoms with Gasteiger partial charge in [-0.2, -0.15) is 8.78 Å². The Bertz CT molecular complexity index is 687. The molecule has 1 spiro atoms. The summed E-state index contributed by atoms with van der Waals surface area (Å²) in [6.45, 7) is -1.35. The SMILES string of the molecule is COC1CN(C)C(=O)C2(CCN(C(=O)c3ccc(OC(F)F)cc3)CC2)C1. The highest BCUT2D eigenvalue weighted by Crippen LogP contribution is 2.41. The number of ether oxygens (including phenoxy) is 2. The lowest BCUT2D eigenvalue weighted by Gasteiger charge is -2.47. The Hall–Kier alpha value is -2.22. The number of likely N-dealkylation sites (tertiary alicyclic amines) is 2. The van der Waals surface area contributed by atoms with Crippen LogP contribution in [-0.2, 0) is 9.53 Å². The predicted molar refractivity (Wildman–Crippen MR) is 93.7 cm³/mol. The molecule has 2 aliphatic rings. The molecule has 3 rings (SSSR count). The summed E-state index contributed by atoms with van der Waals surface area (Å²) >= 11 is 0. The van der Waals surface area contributed by atoms with Gasteiger partial charge in [0.1, 0.15) is 5.75 Å². The lowest BCUT2D eigenvalue weighted by Crippen LogP contribution is -2.57. The number of piperidine rings is 2. The van der Waals surface area contributed by atoms with Crippen molar-refractivity contribution in [3.8, 4) is 5.75 Å². The fraction of sp³-hybridized carbons (Fsp3) is 0.579. The second kappa shape index (κ2) is 7.80. The van der Waals surface area contributed by atoms with E-state index in [0.717, 1.165) is 0 Å². The van der Waals surface area contributed by atoms with E-state index < -0.39 is 12.0 Å². The topological polar surface area (TPSA) is 59.1 Å². The molecule has 0 bridgehead atoms. The summed E-state index contributed by atoms with van der Waals surface area (Å²) in [6.07, 6.45) is 1.87. The standard InChI is InChI=1S/C19H24F2N2O4/c1-22-12-15(26-2)11-19(17(22)25)7-9-23(10-8-19)16(24)13-3-5-14(6-4-13)27-18(20)21/h3-6,15,18H,7-12H2,1-2H3. The van der Waals surface area contributed by atoms with E-state index in [1.54, 1.807) is 24.0 Å². The van der Waals surface area contributed by atoms with E-state index in [4.69, 9.17) is 4.74 Å². The Morgan fingerprint density at radius 2 is 1.85 bits per heavy atom. The molecule has 1 unspecified atom stereocenters. The van der Waals surface area contributed by atoms with Crippen molar-refractivity contribution in [3.05, 3.63) is 29.8 Å². The van der Waals surface area contributed by atoms with Crippen LogP contribution in [0.4, 0.5) is 8.78 Å². The Morgan fingerprint density at radius 3 is 2.41 bits per heavy atom. The van der Waals surface area contributed by atoms with Crippen LogP contribution in [0.2, 0.25) is 0 Å². The monoisotopic (exact) mass is 382 g/mol. The van der Waals surface area contributed by atoms with Gasteiger partial charge in [-0.25, -0.2) is 0 Å². The van der Waals surface area contributed by atoms with E-state index in [1.165, 1.54) is 24.3 Å². The molecule has 0 radical (unpaired) electrons. The maximum Gasteiger partial charge on any atom is 0.387 e. The highest BCUT2D eigenvalue weighted by Gasteiger charge is 2.48. The first-order valence-corrected chi connectivity index (χ1v) is 8.97. The second-order valence-electron chi connectivity index (χ2n) is 7.22. The van der Waals surface area contributed by atoms with Crippen molar-refractivity contribution in [1.82, 2.24) is 9.80 Å². The number of alkyl halides is 2. The first kappa shape index (κ1) is 19.5. The van der Waals surface area contributed by atoms with Crippen LogP contribution in [0.25, 0.3) is 0 Å².